The number of hydrogen-bond acceptors (Lipinski definition) is 5. The minimum Gasteiger partial charge on any atom is -0.454 e. The zero-order valence-electron chi connectivity index (χ0n) is 17.6. The number of carbonyl (C=O) groups excluding carboxylic acids is 1. The Labute approximate surface area is 187 Å². The Kier molecular flexibility index (Phi) is 4.26. The summed E-state index contributed by atoms with van der Waals surface area (Å²) in [5.74, 6) is 0.192. The summed E-state index contributed by atoms with van der Waals surface area (Å²) in [6.45, 7) is 2.14. The molecular formula is C26H18FNO5. The van der Waals surface area contributed by atoms with Gasteiger partial charge < -0.3 is 18.8 Å². The van der Waals surface area contributed by atoms with E-state index >= 15 is 0 Å². The third kappa shape index (κ3) is 3.00. The van der Waals surface area contributed by atoms with Gasteiger partial charge in [0.15, 0.2) is 16.9 Å². The quantitative estimate of drug-likeness (QED) is 0.459. The molecule has 7 heteroatoms. The van der Waals surface area contributed by atoms with Crippen molar-refractivity contribution in [2.75, 3.05) is 6.79 Å². The maximum Gasteiger partial charge on any atom is 0.291 e. The van der Waals surface area contributed by atoms with Crippen molar-refractivity contribution in [3.63, 3.8) is 0 Å². The predicted octanol–water partition coefficient (Wildman–Crippen LogP) is 4.71. The predicted molar refractivity (Wildman–Crippen MR) is 118 cm³/mol. The number of carbonyl (C=O) groups is 1. The normalized spacial score (nSPS) is 16.5. The Morgan fingerprint density at radius 1 is 1.00 bits per heavy atom. The first kappa shape index (κ1) is 19.5. The first-order valence-electron chi connectivity index (χ1n) is 10.5. The SMILES string of the molecule is Cc1ccc2oc3c(c(=O)c2c1)[C@H](c1ccccc1F)N(Cc1ccc2c(c1)OCO2)C3=O. The molecule has 0 saturated heterocycles. The largest absolute Gasteiger partial charge is 0.454 e. The van der Waals surface area contributed by atoms with Crippen molar-refractivity contribution in [2.45, 2.75) is 19.5 Å². The average molecular weight is 443 g/mol. The summed E-state index contributed by atoms with van der Waals surface area (Å²) in [6, 6.07) is 15.8. The molecule has 0 saturated carbocycles. The van der Waals surface area contributed by atoms with Gasteiger partial charge in [0, 0.05) is 12.1 Å². The highest BCUT2D eigenvalue weighted by atomic mass is 19.1. The lowest BCUT2D eigenvalue weighted by Gasteiger charge is -2.25. The smallest absolute Gasteiger partial charge is 0.291 e. The molecule has 4 aromatic rings. The summed E-state index contributed by atoms with van der Waals surface area (Å²) in [5, 5.41) is 0.368. The Balaban J connectivity index is 1.54. The molecule has 1 amide bonds. The first-order chi connectivity index (χ1) is 16.0. The van der Waals surface area contributed by atoms with Crippen LogP contribution in [-0.4, -0.2) is 17.6 Å². The van der Waals surface area contributed by atoms with E-state index in [0.29, 0.717) is 22.5 Å². The van der Waals surface area contributed by atoms with Gasteiger partial charge in [0.05, 0.1) is 17.0 Å². The average Bonchev–Trinajstić information content (AvgIpc) is 3.38. The van der Waals surface area contributed by atoms with E-state index in [1.54, 1.807) is 42.5 Å². The fourth-order valence-corrected chi connectivity index (χ4v) is 4.55. The topological polar surface area (TPSA) is 69.0 Å². The van der Waals surface area contributed by atoms with E-state index in [1.165, 1.54) is 11.0 Å². The summed E-state index contributed by atoms with van der Waals surface area (Å²) in [7, 11) is 0. The Hall–Kier alpha value is -4.13. The van der Waals surface area contributed by atoms with Crippen molar-refractivity contribution in [1.82, 2.24) is 4.90 Å². The van der Waals surface area contributed by atoms with Crippen LogP contribution < -0.4 is 14.9 Å². The highest BCUT2D eigenvalue weighted by Crippen LogP contribution is 2.41. The molecule has 0 N–H and O–H groups in total. The third-order valence-electron chi connectivity index (χ3n) is 6.11. The van der Waals surface area contributed by atoms with Crippen molar-refractivity contribution >= 4 is 16.9 Å². The molecule has 3 aromatic carbocycles. The monoisotopic (exact) mass is 443 g/mol. The molecular weight excluding hydrogens is 425 g/mol. The molecule has 2 aliphatic rings. The number of amides is 1. The van der Waals surface area contributed by atoms with Crippen LogP contribution in [0.5, 0.6) is 11.5 Å². The second-order valence-corrected chi connectivity index (χ2v) is 8.22. The minimum atomic E-state index is -0.916. The van der Waals surface area contributed by atoms with Crippen molar-refractivity contribution in [3.05, 3.63) is 105 Å². The standard InChI is InChI=1S/C26H18FNO5/c1-14-6-8-19-17(10-14)24(29)22-23(16-4-2-3-5-18(16)27)28(26(30)25(22)33-19)12-15-7-9-20-21(11-15)32-13-31-20/h2-11,23H,12-13H2,1H3/t23-/m0/s1. The lowest BCUT2D eigenvalue weighted by molar-refractivity contribution is 0.0712. The molecule has 0 fully saturated rings. The van der Waals surface area contributed by atoms with Crippen molar-refractivity contribution in [3.8, 4) is 11.5 Å². The number of halogens is 1. The molecule has 33 heavy (non-hydrogen) atoms. The van der Waals surface area contributed by atoms with Gasteiger partial charge in [-0.3, -0.25) is 9.59 Å². The van der Waals surface area contributed by atoms with Gasteiger partial charge in [-0.1, -0.05) is 35.9 Å². The summed E-state index contributed by atoms with van der Waals surface area (Å²) in [6.07, 6.45) is 0. The van der Waals surface area contributed by atoms with E-state index < -0.39 is 17.8 Å². The second-order valence-electron chi connectivity index (χ2n) is 8.22. The van der Waals surface area contributed by atoms with Gasteiger partial charge in [0.25, 0.3) is 5.91 Å². The van der Waals surface area contributed by atoms with Gasteiger partial charge in [-0.2, -0.15) is 0 Å². The van der Waals surface area contributed by atoms with Gasteiger partial charge in [-0.25, -0.2) is 4.39 Å². The van der Waals surface area contributed by atoms with E-state index in [0.717, 1.165) is 11.1 Å². The van der Waals surface area contributed by atoms with E-state index in [4.69, 9.17) is 13.9 Å². The van der Waals surface area contributed by atoms with Crippen LogP contribution in [0.25, 0.3) is 11.0 Å². The molecule has 0 aliphatic carbocycles. The molecule has 6 rings (SSSR count). The molecule has 0 unspecified atom stereocenters. The lowest BCUT2D eigenvalue weighted by atomic mass is 9.97. The summed E-state index contributed by atoms with van der Waals surface area (Å²) < 4.78 is 31.7. The van der Waals surface area contributed by atoms with Crippen LogP contribution in [0, 0.1) is 12.7 Å². The van der Waals surface area contributed by atoms with Crippen molar-refractivity contribution in [2.24, 2.45) is 0 Å². The molecule has 6 nitrogen and oxygen atoms in total. The molecule has 1 atom stereocenters. The van der Waals surface area contributed by atoms with Gasteiger partial charge >= 0.3 is 0 Å². The molecule has 0 bridgehead atoms. The second kappa shape index (κ2) is 7.20. The fourth-order valence-electron chi connectivity index (χ4n) is 4.55. The van der Waals surface area contributed by atoms with Crippen LogP contribution >= 0.6 is 0 Å². The number of aryl methyl sites for hydroxylation is 1. The van der Waals surface area contributed by atoms with Crippen LogP contribution in [0.4, 0.5) is 4.39 Å². The van der Waals surface area contributed by atoms with Crippen LogP contribution in [0.1, 0.15) is 38.9 Å². The van der Waals surface area contributed by atoms with Crippen LogP contribution in [0.2, 0.25) is 0 Å². The molecule has 0 radical (unpaired) electrons. The van der Waals surface area contributed by atoms with E-state index in [1.807, 2.05) is 19.1 Å². The Morgan fingerprint density at radius 2 is 1.82 bits per heavy atom. The molecule has 0 spiro atoms. The van der Waals surface area contributed by atoms with Crippen LogP contribution in [-0.2, 0) is 6.54 Å². The first-order valence-corrected chi connectivity index (χ1v) is 10.5. The van der Waals surface area contributed by atoms with Crippen LogP contribution in [0.3, 0.4) is 0 Å². The van der Waals surface area contributed by atoms with Gasteiger partial charge in [0.1, 0.15) is 11.4 Å². The number of ether oxygens (including phenoxy) is 2. The number of rotatable bonds is 3. The summed E-state index contributed by atoms with van der Waals surface area (Å²) >= 11 is 0. The maximum atomic E-state index is 15.0. The van der Waals surface area contributed by atoms with E-state index in [9.17, 15) is 14.0 Å². The third-order valence-corrected chi connectivity index (χ3v) is 6.11. The maximum absolute atomic E-state index is 15.0. The number of nitrogens with zero attached hydrogens (tertiary/aromatic N) is 1. The molecule has 1 aromatic heterocycles. The Morgan fingerprint density at radius 3 is 2.67 bits per heavy atom. The summed E-state index contributed by atoms with van der Waals surface area (Å²) in [5.41, 5.74) is 2.04. The zero-order chi connectivity index (χ0) is 22.7. The number of fused-ring (bicyclic) bond motifs is 3. The summed E-state index contributed by atoms with van der Waals surface area (Å²) in [4.78, 5) is 28.5. The molecule has 3 heterocycles. The van der Waals surface area contributed by atoms with Crippen LogP contribution in [0.15, 0.2) is 69.9 Å². The van der Waals surface area contributed by atoms with Crippen molar-refractivity contribution < 1.29 is 23.1 Å². The number of hydrogen-bond donors (Lipinski definition) is 0. The van der Waals surface area contributed by atoms with Gasteiger partial charge in [-0.15, -0.1) is 0 Å². The Bertz CT molecular complexity index is 1510. The molecule has 164 valence electrons. The lowest BCUT2D eigenvalue weighted by Crippen LogP contribution is -2.29. The van der Waals surface area contributed by atoms with E-state index in [-0.39, 0.29) is 35.7 Å². The minimum absolute atomic E-state index is 0.0506. The highest BCUT2D eigenvalue weighted by molar-refractivity contribution is 5.99. The van der Waals surface area contributed by atoms with Crippen molar-refractivity contribution in [1.29, 1.82) is 0 Å². The molecule has 2 aliphatic heterocycles. The number of benzene rings is 3. The van der Waals surface area contributed by atoms with Gasteiger partial charge in [-0.05, 0) is 42.8 Å². The van der Waals surface area contributed by atoms with Gasteiger partial charge in [0.2, 0.25) is 12.6 Å². The zero-order valence-corrected chi connectivity index (χ0v) is 17.6. The van der Waals surface area contributed by atoms with E-state index in [2.05, 4.69) is 0 Å². The fraction of sp³-hybridized carbons (Fsp3) is 0.154. The highest BCUT2D eigenvalue weighted by Gasteiger charge is 2.43.